The van der Waals surface area contributed by atoms with Crippen LogP contribution >= 0.6 is 0 Å². The van der Waals surface area contributed by atoms with Gasteiger partial charge >= 0.3 is 0 Å². The van der Waals surface area contributed by atoms with E-state index in [0.29, 0.717) is 13.2 Å². The van der Waals surface area contributed by atoms with Gasteiger partial charge in [0, 0.05) is 5.56 Å². The normalized spacial score (nSPS) is 23.6. The molecule has 3 nitrogen and oxygen atoms in total. The topological polar surface area (TPSA) is 27.7 Å². The van der Waals surface area contributed by atoms with Crippen molar-refractivity contribution in [2.75, 3.05) is 13.2 Å². The first-order chi connectivity index (χ1) is 10.2. The van der Waals surface area contributed by atoms with Crippen LogP contribution in [0.15, 0.2) is 42.5 Å². The predicted molar refractivity (Wildman–Crippen MR) is 92.3 cm³/mol. The van der Waals surface area contributed by atoms with Gasteiger partial charge in [0.05, 0.1) is 13.2 Å². The molecule has 0 unspecified atom stereocenters. The molecule has 4 heteroatoms. The second kappa shape index (κ2) is 6.67. The average molecular weight is 321 g/mol. The lowest BCUT2D eigenvalue weighted by Gasteiger charge is -2.39. The fraction of sp³-hybridized carbons (Fsp3) is 0.556. The van der Waals surface area contributed by atoms with Crippen LogP contribution in [0, 0.1) is 0 Å². The van der Waals surface area contributed by atoms with E-state index in [2.05, 4.69) is 40.4 Å². The lowest BCUT2D eigenvalue weighted by molar-refractivity contribution is -0.197. The van der Waals surface area contributed by atoms with E-state index in [1.807, 2.05) is 30.3 Å². The summed E-state index contributed by atoms with van der Waals surface area (Å²) in [4.78, 5) is 0. The first-order valence-corrected chi connectivity index (χ1v) is 10.8. The fourth-order valence-electron chi connectivity index (χ4n) is 2.00. The van der Waals surface area contributed by atoms with Gasteiger partial charge in [-0.1, -0.05) is 57.7 Å². The molecule has 1 saturated heterocycles. The van der Waals surface area contributed by atoms with Crippen molar-refractivity contribution < 1.29 is 13.9 Å². The molecule has 0 amide bonds. The number of ether oxygens (including phenoxy) is 2. The number of benzene rings is 1. The fourth-order valence-corrected chi connectivity index (χ4v) is 3.00. The maximum Gasteiger partial charge on any atom is 0.192 e. The summed E-state index contributed by atoms with van der Waals surface area (Å²) in [6.45, 7) is 16.4. The van der Waals surface area contributed by atoms with Gasteiger partial charge in [-0.15, -0.1) is 0 Å². The third kappa shape index (κ3) is 4.07. The van der Waals surface area contributed by atoms with Crippen molar-refractivity contribution >= 4 is 8.32 Å². The van der Waals surface area contributed by atoms with Crippen molar-refractivity contribution in [3.63, 3.8) is 0 Å². The van der Waals surface area contributed by atoms with E-state index in [9.17, 15) is 0 Å². The van der Waals surface area contributed by atoms with Gasteiger partial charge in [-0.3, -0.25) is 0 Å². The summed E-state index contributed by atoms with van der Waals surface area (Å²) in [5, 5.41) is 0.193. The van der Waals surface area contributed by atoms with Crippen molar-refractivity contribution in [3.05, 3.63) is 48.0 Å². The third-order valence-corrected chi connectivity index (χ3v) is 9.14. The van der Waals surface area contributed by atoms with Gasteiger partial charge in [0.25, 0.3) is 0 Å². The Hall–Kier alpha value is -0.943. The molecule has 1 heterocycles. The molecule has 22 heavy (non-hydrogen) atoms. The van der Waals surface area contributed by atoms with Crippen molar-refractivity contribution in [2.45, 2.75) is 51.3 Å². The van der Waals surface area contributed by atoms with E-state index >= 15 is 0 Å². The number of hydrogen-bond acceptors (Lipinski definition) is 3. The molecule has 1 aromatic carbocycles. The zero-order valence-corrected chi connectivity index (χ0v) is 15.4. The average Bonchev–Trinajstić information content (AvgIpc) is 2.46. The second-order valence-corrected chi connectivity index (χ2v) is 12.2. The van der Waals surface area contributed by atoms with Crippen LogP contribution in [0.25, 0.3) is 0 Å². The van der Waals surface area contributed by atoms with Crippen LogP contribution in [0.2, 0.25) is 18.1 Å². The molecule has 2 rings (SSSR count). The summed E-state index contributed by atoms with van der Waals surface area (Å²) in [5.74, 6) is 0. The predicted octanol–water partition coefficient (Wildman–Crippen LogP) is 4.68. The zero-order chi connectivity index (χ0) is 16.4. The van der Waals surface area contributed by atoms with Gasteiger partial charge < -0.3 is 13.9 Å². The molecule has 122 valence electrons. The van der Waals surface area contributed by atoms with Crippen molar-refractivity contribution in [1.82, 2.24) is 0 Å². The van der Waals surface area contributed by atoms with Crippen LogP contribution in [0.5, 0.6) is 0 Å². The van der Waals surface area contributed by atoms with Crippen LogP contribution in [0.4, 0.5) is 0 Å². The van der Waals surface area contributed by atoms with Gasteiger partial charge in [-0.2, -0.15) is 0 Å². The monoisotopic (exact) mass is 320 g/mol. The minimum absolute atomic E-state index is 0.104. The third-order valence-electron chi connectivity index (χ3n) is 4.64. The number of hydrogen-bond donors (Lipinski definition) is 0. The van der Waals surface area contributed by atoms with Crippen molar-refractivity contribution in [1.29, 1.82) is 0 Å². The second-order valence-electron chi connectivity index (χ2n) is 7.41. The minimum Gasteiger partial charge on any atom is -0.414 e. The Kier molecular flexibility index (Phi) is 5.28. The summed E-state index contributed by atoms with van der Waals surface area (Å²) in [6, 6.07) is 10.0. The molecule has 1 aromatic rings. The molecule has 0 bridgehead atoms. The van der Waals surface area contributed by atoms with Gasteiger partial charge in [-0.25, -0.2) is 0 Å². The van der Waals surface area contributed by atoms with Crippen LogP contribution < -0.4 is 0 Å². The highest BCUT2D eigenvalue weighted by molar-refractivity contribution is 6.74. The zero-order valence-electron chi connectivity index (χ0n) is 14.4. The highest BCUT2D eigenvalue weighted by Gasteiger charge is 2.38. The summed E-state index contributed by atoms with van der Waals surface area (Å²) in [5.41, 5.74) is 1.98. The van der Waals surface area contributed by atoms with E-state index in [1.54, 1.807) is 0 Å². The van der Waals surface area contributed by atoms with E-state index in [0.717, 1.165) is 11.1 Å². The largest absolute Gasteiger partial charge is 0.414 e. The molecule has 0 spiro atoms. The molecule has 1 aliphatic rings. The summed E-state index contributed by atoms with van der Waals surface area (Å²) in [7, 11) is -1.78. The van der Waals surface area contributed by atoms with E-state index < -0.39 is 8.32 Å². The maximum absolute atomic E-state index is 6.29. The summed E-state index contributed by atoms with van der Waals surface area (Å²) >= 11 is 0. The SMILES string of the molecule is C=C1CO[C@H](c2ccccc2)O[C@@H]1CO[Si](C)(C)C(C)(C)C. The number of rotatable bonds is 4. The lowest BCUT2D eigenvalue weighted by Crippen LogP contribution is -2.44. The highest BCUT2D eigenvalue weighted by atomic mass is 28.4. The Bertz CT molecular complexity index is 505. The molecule has 0 aromatic heterocycles. The molecule has 0 aliphatic carbocycles. The Balaban J connectivity index is 2.00. The molecule has 0 radical (unpaired) electrons. The Morgan fingerprint density at radius 3 is 2.45 bits per heavy atom. The molecule has 1 aliphatic heterocycles. The highest BCUT2D eigenvalue weighted by Crippen LogP contribution is 2.37. The van der Waals surface area contributed by atoms with Gasteiger partial charge in [0.15, 0.2) is 14.6 Å². The van der Waals surface area contributed by atoms with E-state index in [4.69, 9.17) is 13.9 Å². The Morgan fingerprint density at radius 1 is 1.23 bits per heavy atom. The maximum atomic E-state index is 6.29. The molecular weight excluding hydrogens is 292 g/mol. The van der Waals surface area contributed by atoms with Crippen LogP contribution in [-0.4, -0.2) is 27.6 Å². The Morgan fingerprint density at radius 2 is 1.86 bits per heavy atom. The van der Waals surface area contributed by atoms with Crippen LogP contribution in [0.3, 0.4) is 0 Å². The molecular formula is C18H28O3Si. The van der Waals surface area contributed by atoms with Gasteiger partial charge in [0.2, 0.25) is 0 Å². The quantitative estimate of drug-likeness (QED) is 0.595. The Labute approximate surface area is 135 Å². The van der Waals surface area contributed by atoms with E-state index in [-0.39, 0.29) is 17.4 Å². The van der Waals surface area contributed by atoms with E-state index in [1.165, 1.54) is 0 Å². The molecule has 1 fully saturated rings. The smallest absolute Gasteiger partial charge is 0.192 e. The molecule has 0 saturated carbocycles. The van der Waals surface area contributed by atoms with Crippen molar-refractivity contribution in [2.24, 2.45) is 0 Å². The van der Waals surface area contributed by atoms with Crippen LogP contribution in [0.1, 0.15) is 32.6 Å². The lowest BCUT2D eigenvalue weighted by atomic mass is 10.1. The van der Waals surface area contributed by atoms with Crippen molar-refractivity contribution in [3.8, 4) is 0 Å². The van der Waals surface area contributed by atoms with Crippen LogP contribution in [-0.2, 0) is 13.9 Å². The summed E-state index contributed by atoms with van der Waals surface area (Å²) < 4.78 is 18.1. The summed E-state index contributed by atoms with van der Waals surface area (Å²) in [6.07, 6.45) is -0.437. The van der Waals surface area contributed by atoms with Gasteiger partial charge in [0.1, 0.15) is 6.10 Å². The first-order valence-electron chi connectivity index (χ1n) is 7.84. The molecule has 0 N–H and O–H groups in total. The first kappa shape index (κ1) is 17.4. The standard InChI is InChI=1S/C18H28O3Si/c1-14-12-19-17(15-10-8-7-9-11-15)21-16(14)13-20-22(5,6)18(2,3)4/h7-11,16-17H,1,12-13H2,2-6H3/t16-,17+/m1/s1. The van der Waals surface area contributed by atoms with Gasteiger partial charge in [-0.05, 0) is 23.7 Å². The molecule has 2 atom stereocenters. The minimum atomic E-state index is -1.78.